The number of Topliss-reactive ketones (excluding diaryl/α,β-unsaturated/α-hetero) is 1. The molecule has 1 atom stereocenters. The van der Waals surface area contributed by atoms with Gasteiger partial charge in [-0.15, -0.1) is 0 Å². The lowest BCUT2D eigenvalue weighted by Crippen LogP contribution is -2.24. The van der Waals surface area contributed by atoms with E-state index in [1.807, 2.05) is 0 Å². The minimum absolute atomic E-state index is 0.124. The molecule has 0 fully saturated rings. The van der Waals surface area contributed by atoms with Crippen molar-refractivity contribution < 1.29 is 19.4 Å². The Bertz CT molecular complexity index is 213. The molecule has 94 valence electrons. The Kier molecular flexibility index (Phi) is 8.81. The van der Waals surface area contributed by atoms with Crippen molar-refractivity contribution >= 4 is 11.8 Å². The first-order valence-corrected chi connectivity index (χ1v) is 5.91. The van der Waals surface area contributed by atoms with E-state index >= 15 is 0 Å². The summed E-state index contributed by atoms with van der Waals surface area (Å²) in [5.41, 5.74) is 0. The lowest BCUT2D eigenvalue weighted by atomic mass is 9.97. The van der Waals surface area contributed by atoms with E-state index in [4.69, 9.17) is 9.84 Å². The van der Waals surface area contributed by atoms with Gasteiger partial charge in [-0.05, 0) is 26.7 Å². The number of hydrogen-bond donors (Lipinski definition) is 1. The second-order valence-electron chi connectivity index (χ2n) is 3.84. The van der Waals surface area contributed by atoms with Crippen LogP contribution >= 0.6 is 0 Å². The molecule has 0 radical (unpaired) electrons. The number of ketones is 1. The molecule has 0 aromatic heterocycles. The van der Waals surface area contributed by atoms with Crippen LogP contribution < -0.4 is 0 Å². The molecule has 0 bridgehead atoms. The van der Waals surface area contributed by atoms with Crippen molar-refractivity contribution in [2.24, 2.45) is 5.92 Å². The molecule has 4 heteroatoms. The summed E-state index contributed by atoms with van der Waals surface area (Å²) >= 11 is 0. The molecule has 0 aromatic carbocycles. The molecule has 0 rings (SSSR count). The molecule has 4 nitrogen and oxygen atoms in total. The standard InChI is InChI=1S/C12H22O4/c1-3-16-12(15)11(10(2)14)8-6-4-5-7-9-13/h11,13H,3-9H2,1-2H3. The predicted octanol–water partition coefficient (Wildman–Crippen LogP) is 1.70. The smallest absolute Gasteiger partial charge is 0.316 e. The van der Waals surface area contributed by atoms with E-state index in [1.165, 1.54) is 6.92 Å². The van der Waals surface area contributed by atoms with E-state index in [-0.39, 0.29) is 12.4 Å². The molecule has 0 amide bonds. The van der Waals surface area contributed by atoms with Gasteiger partial charge >= 0.3 is 5.97 Å². The van der Waals surface area contributed by atoms with E-state index in [2.05, 4.69) is 0 Å². The summed E-state index contributed by atoms with van der Waals surface area (Å²) in [5.74, 6) is -1.13. The molecule has 0 saturated heterocycles. The number of ether oxygens (including phenoxy) is 1. The number of carbonyl (C=O) groups is 2. The molecule has 0 saturated carbocycles. The van der Waals surface area contributed by atoms with Crippen LogP contribution in [0.25, 0.3) is 0 Å². The first kappa shape index (κ1) is 15.1. The predicted molar refractivity (Wildman–Crippen MR) is 61.0 cm³/mol. The lowest BCUT2D eigenvalue weighted by Gasteiger charge is -2.11. The summed E-state index contributed by atoms with van der Waals surface area (Å²) in [4.78, 5) is 22.7. The Labute approximate surface area is 97.0 Å². The first-order chi connectivity index (χ1) is 7.63. The number of aliphatic hydroxyl groups is 1. The Balaban J connectivity index is 3.86. The van der Waals surface area contributed by atoms with Crippen LogP contribution in [0.3, 0.4) is 0 Å². The monoisotopic (exact) mass is 230 g/mol. The number of unbranched alkanes of at least 4 members (excludes halogenated alkanes) is 3. The summed E-state index contributed by atoms with van der Waals surface area (Å²) in [6, 6.07) is 0. The SMILES string of the molecule is CCOC(=O)C(CCCCCCO)C(C)=O. The summed E-state index contributed by atoms with van der Waals surface area (Å²) < 4.78 is 4.84. The molecule has 16 heavy (non-hydrogen) atoms. The third-order valence-electron chi connectivity index (χ3n) is 2.46. The fourth-order valence-corrected chi connectivity index (χ4v) is 1.54. The van der Waals surface area contributed by atoms with Crippen LogP contribution in [0.2, 0.25) is 0 Å². The first-order valence-electron chi connectivity index (χ1n) is 5.91. The van der Waals surface area contributed by atoms with Gasteiger partial charge in [0.15, 0.2) is 0 Å². The Morgan fingerprint density at radius 1 is 1.19 bits per heavy atom. The van der Waals surface area contributed by atoms with Crippen molar-refractivity contribution in [2.75, 3.05) is 13.2 Å². The average molecular weight is 230 g/mol. The highest BCUT2D eigenvalue weighted by Gasteiger charge is 2.23. The average Bonchev–Trinajstić information content (AvgIpc) is 2.23. The van der Waals surface area contributed by atoms with Gasteiger partial charge in [0.25, 0.3) is 0 Å². The van der Waals surface area contributed by atoms with Crippen LogP contribution in [0.4, 0.5) is 0 Å². The second kappa shape index (κ2) is 9.33. The summed E-state index contributed by atoms with van der Waals surface area (Å²) in [6.07, 6.45) is 4.03. The zero-order chi connectivity index (χ0) is 12.4. The normalized spacial score (nSPS) is 12.2. The third kappa shape index (κ3) is 6.56. The topological polar surface area (TPSA) is 63.6 Å². The largest absolute Gasteiger partial charge is 0.465 e. The molecule has 0 spiro atoms. The zero-order valence-electron chi connectivity index (χ0n) is 10.2. The second-order valence-corrected chi connectivity index (χ2v) is 3.84. The molecule has 0 aromatic rings. The van der Waals surface area contributed by atoms with Gasteiger partial charge < -0.3 is 9.84 Å². The number of esters is 1. The minimum atomic E-state index is -0.603. The van der Waals surface area contributed by atoms with Gasteiger partial charge in [0, 0.05) is 6.61 Å². The Morgan fingerprint density at radius 2 is 1.81 bits per heavy atom. The van der Waals surface area contributed by atoms with Crippen molar-refractivity contribution in [1.82, 2.24) is 0 Å². The van der Waals surface area contributed by atoms with Crippen LogP contribution in [-0.2, 0) is 14.3 Å². The molecule has 1 unspecified atom stereocenters. The highest BCUT2D eigenvalue weighted by atomic mass is 16.5. The van der Waals surface area contributed by atoms with E-state index in [0.29, 0.717) is 13.0 Å². The third-order valence-corrected chi connectivity index (χ3v) is 2.46. The van der Waals surface area contributed by atoms with Crippen LogP contribution in [0.1, 0.15) is 46.0 Å². The quantitative estimate of drug-likeness (QED) is 0.372. The fraction of sp³-hybridized carbons (Fsp3) is 0.833. The van der Waals surface area contributed by atoms with Crippen molar-refractivity contribution in [3.8, 4) is 0 Å². The van der Waals surface area contributed by atoms with E-state index in [9.17, 15) is 9.59 Å². The van der Waals surface area contributed by atoms with Crippen LogP contribution in [0, 0.1) is 5.92 Å². The molecular formula is C12H22O4. The number of rotatable bonds is 9. The van der Waals surface area contributed by atoms with E-state index in [0.717, 1.165) is 25.7 Å². The molecule has 0 aliphatic heterocycles. The summed E-state index contributed by atoms with van der Waals surface area (Å²) in [5, 5.41) is 8.59. The number of aliphatic hydroxyl groups excluding tert-OH is 1. The zero-order valence-corrected chi connectivity index (χ0v) is 10.2. The molecule has 0 aliphatic carbocycles. The van der Waals surface area contributed by atoms with Crippen molar-refractivity contribution in [1.29, 1.82) is 0 Å². The van der Waals surface area contributed by atoms with Crippen molar-refractivity contribution in [3.63, 3.8) is 0 Å². The van der Waals surface area contributed by atoms with Gasteiger partial charge in [-0.2, -0.15) is 0 Å². The van der Waals surface area contributed by atoms with Gasteiger partial charge in [-0.1, -0.05) is 19.3 Å². The Morgan fingerprint density at radius 3 is 2.31 bits per heavy atom. The van der Waals surface area contributed by atoms with Crippen LogP contribution in [0.15, 0.2) is 0 Å². The fourth-order valence-electron chi connectivity index (χ4n) is 1.54. The number of carbonyl (C=O) groups excluding carboxylic acids is 2. The van der Waals surface area contributed by atoms with Crippen LogP contribution in [-0.4, -0.2) is 30.1 Å². The molecule has 1 N–H and O–H groups in total. The lowest BCUT2D eigenvalue weighted by molar-refractivity contribution is -0.151. The highest BCUT2D eigenvalue weighted by Crippen LogP contribution is 2.13. The number of hydrogen-bond acceptors (Lipinski definition) is 4. The summed E-state index contributed by atoms with van der Waals surface area (Å²) in [7, 11) is 0. The van der Waals surface area contributed by atoms with Crippen molar-refractivity contribution in [2.45, 2.75) is 46.0 Å². The molecular weight excluding hydrogens is 208 g/mol. The molecule has 0 heterocycles. The maximum atomic E-state index is 11.4. The maximum absolute atomic E-state index is 11.4. The minimum Gasteiger partial charge on any atom is -0.465 e. The molecule has 0 aliphatic rings. The van der Waals surface area contributed by atoms with Crippen LogP contribution in [0.5, 0.6) is 0 Å². The van der Waals surface area contributed by atoms with Gasteiger partial charge in [0.1, 0.15) is 11.7 Å². The summed E-state index contributed by atoms with van der Waals surface area (Å²) in [6.45, 7) is 3.67. The van der Waals surface area contributed by atoms with Gasteiger partial charge in [-0.25, -0.2) is 0 Å². The van der Waals surface area contributed by atoms with Gasteiger partial charge in [0.05, 0.1) is 6.61 Å². The Hall–Kier alpha value is -0.900. The van der Waals surface area contributed by atoms with Gasteiger partial charge in [-0.3, -0.25) is 9.59 Å². The highest BCUT2D eigenvalue weighted by molar-refractivity contribution is 5.97. The van der Waals surface area contributed by atoms with Gasteiger partial charge in [0.2, 0.25) is 0 Å². The van der Waals surface area contributed by atoms with E-state index in [1.54, 1.807) is 6.92 Å². The maximum Gasteiger partial charge on any atom is 0.316 e. The van der Waals surface area contributed by atoms with E-state index < -0.39 is 11.9 Å². The van der Waals surface area contributed by atoms with Crippen molar-refractivity contribution in [3.05, 3.63) is 0 Å².